The maximum absolute atomic E-state index is 11.3. The van der Waals surface area contributed by atoms with Crippen molar-refractivity contribution in [3.05, 3.63) is 29.6 Å². The average Bonchev–Trinajstić information content (AvgIpc) is 2.73. The van der Waals surface area contributed by atoms with Crippen molar-refractivity contribution in [2.75, 3.05) is 26.2 Å². The lowest BCUT2D eigenvalue weighted by Gasteiger charge is -2.14. The Hall–Kier alpha value is -1.62. The quantitative estimate of drug-likeness (QED) is 0.730. The van der Waals surface area contributed by atoms with Crippen LogP contribution in [0.5, 0.6) is 0 Å². The maximum atomic E-state index is 11.3. The van der Waals surface area contributed by atoms with E-state index in [4.69, 9.17) is 0 Å². The Morgan fingerprint density at radius 2 is 2.47 bits per heavy atom. The molecule has 2 amide bonds. The van der Waals surface area contributed by atoms with Gasteiger partial charge in [0.25, 0.3) is 0 Å². The molecular formula is C12H18N4O. The van der Waals surface area contributed by atoms with Gasteiger partial charge in [-0.1, -0.05) is 6.07 Å². The molecule has 1 aliphatic rings. The van der Waals surface area contributed by atoms with Crippen molar-refractivity contribution in [1.29, 1.82) is 0 Å². The number of nitrogens with one attached hydrogen (secondary N) is 2. The van der Waals surface area contributed by atoms with Gasteiger partial charge in [-0.3, -0.25) is 4.98 Å². The lowest BCUT2D eigenvalue weighted by atomic mass is 10.2. The highest BCUT2D eigenvalue weighted by molar-refractivity contribution is 5.76. The Bertz CT molecular complexity index is 394. The van der Waals surface area contributed by atoms with Gasteiger partial charge in [-0.15, -0.1) is 0 Å². The molecule has 17 heavy (non-hydrogen) atoms. The van der Waals surface area contributed by atoms with Gasteiger partial charge >= 0.3 is 6.03 Å². The standard InChI is InChI=1S/C12H18N4O/c1-10-3-2-4-14-11(10)9-13-5-7-16-8-6-15-12(16)17/h2-4,13H,5-9H2,1H3,(H,15,17). The topological polar surface area (TPSA) is 57.3 Å². The molecule has 5 heteroatoms. The first-order chi connectivity index (χ1) is 8.27. The van der Waals surface area contributed by atoms with Gasteiger partial charge < -0.3 is 15.5 Å². The molecule has 1 aliphatic heterocycles. The van der Waals surface area contributed by atoms with E-state index in [-0.39, 0.29) is 6.03 Å². The van der Waals surface area contributed by atoms with Crippen LogP contribution in [0.4, 0.5) is 4.79 Å². The van der Waals surface area contributed by atoms with Gasteiger partial charge in [0.1, 0.15) is 0 Å². The van der Waals surface area contributed by atoms with E-state index in [0.29, 0.717) is 0 Å². The molecule has 2 rings (SSSR count). The molecule has 0 unspecified atom stereocenters. The molecule has 92 valence electrons. The van der Waals surface area contributed by atoms with E-state index in [1.807, 2.05) is 11.0 Å². The molecule has 0 radical (unpaired) electrons. The zero-order chi connectivity index (χ0) is 12.1. The van der Waals surface area contributed by atoms with E-state index in [1.165, 1.54) is 5.56 Å². The number of rotatable bonds is 5. The third kappa shape index (κ3) is 3.17. The minimum absolute atomic E-state index is 0.0424. The molecule has 0 bridgehead atoms. The summed E-state index contributed by atoms with van der Waals surface area (Å²) in [6.07, 6.45) is 1.80. The van der Waals surface area contributed by atoms with Gasteiger partial charge in [0.2, 0.25) is 0 Å². The van der Waals surface area contributed by atoms with Crippen LogP contribution in [0.1, 0.15) is 11.3 Å². The van der Waals surface area contributed by atoms with Gasteiger partial charge in [-0.05, 0) is 18.6 Å². The highest BCUT2D eigenvalue weighted by atomic mass is 16.2. The summed E-state index contributed by atoms with van der Waals surface area (Å²) in [7, 11) is 0. The molecule has 1 saturated heterocycles. The van der Waals surface area contributed by atoms with Gasteiger partial charge in [0.05, 0.1) is 5.69 Å². The van der Waals surface area contributed by atoms with Crippen LogP contribution in [0.25, 0.3) is 0 Å². The lowest BCUT2D eigenvalue weighted by molar-refractivity contribution is 0.217. The number of nitrogens with zero attached hydrogens (tertiary/aromatic N) is 2. The number of hydrogen-bond acceptors (Lipinski definition) is 3. The van der Waals surface area contributed by atoms with Gasteiger partial charge in [0, 0.05) is 38.9 Å². The highest BCUT2D eigenvalue weighted by Gasteiger charge is 2.17. The number of carbonyl (C=O) groups is 1. The Balaban J connectivity index is 1.70. The van der Waals surface area contributed by atoms with Crippen LogP contribution < -0.4 is 10.6 Å². The second-order valence-corrected chi connectivity index (χ2v) is 4.16. The smallest absolute Gasteiger partial charge is 0.317 e. The summed E-state index contributed by atoms with van der Waals surface area (Å²) in [5.74, 6) is 0. The Morgan fingerprint density at radius 1 is 1.59 bits per heavy atom. The zero-order valence-corrected chi connectivity index (χ0v) is 10.1. The van der Waals surface area contributed by atoms with Crippen LogP contribution >= 0.6 is 0 Å². The number of aryl methyl sites for hydroxylation is 1. The van der Waals surface area contributed by atoms with Crippen LogP contribution in [0.2, 0.25) is 0 Å². The average molecular weight is 234 g/mol. The molecule has 0 aliphatic carbocycles. The van der Waals surface area contributed by atoms with E-state index in [2.05, 4.69) is 28.6 Å². The first kappa shape index (κ1) is 11.9. The Kier molecular flexibility index (Phi) is 3.93. The van der Waals surface area contributed by atoms with Crippen LogP contribution in [0, 0.1) is 6.92 Å². The predicted molar refractivity (Wildman–Crippen MR) is 65.7 cm³/mol. The minimum atomic E-state index is 0.0424. The van der Waals surface area contributed by atoms with Crippen molar-refractivity contribution < 1.29 is 4.79 Å². The summed E-state index contributed by atoms with van der Waals surface area (Å²) in [4.78, 5) is 17.4. The van der Waals surface area contributed by atoms with E-state index < -0.39 is 0 Å². The van der Waals surface area contributed by atoms with Gasteiger partial charge in [-0.25, -0.2) is 4.79 Å². The van der Waals surface area contributed by atoms with E-state index in [9.17, 15) is 4.79 Å². The first-order valence-electron chi connectivity index (χ1n) is 5.91. The maximum Gasteiger partial charge on any atom is 0.317 e. The van der Waals surface area contributed by atoms with Crippen molar-refractivity contribution in [3.8, 4) is 0 Å². The third-order valence-electron chi connectivity index (χ3n) is 2.91. The Morgan fingerprint density at radius 3 is 3.18 bits per heavy atom. The number of carbonyl (C=O) groups excluding carboxylic acids is 1. The normalized spacial score (nSPS) is 15.1. The molecule has 1 fully saturated rings. The molecule has 0 spiro atoms. The van der Waals surface area contributed by atoms with Crippen LogP contribution in [0.15, 0.2) is 18.3 Å². The summed E-state index contributed by atoms with van der Waals surface area (Å²) in [6.45, 7) is 5.92. The molecule has 1 aromatic heterocycles. The minimum Gasteiger partial charge on any atom is -0.336 e. The monoisotopic (exact) mass is 234 g/mol. The van der Waals surface area contributed by atoms with Crippen molar-refractivity contribution >= 4 is 6.03 Å². The van der Waals surface area contributed by atoms with Crippen molar-refractivity contribution in [2.45, 2.75) is 13.5 Å². The number of amides is 2. The molecule has 0 saturated carbocycles. The number of aromatic nitrogens is 1. The largest absolute Gasteiger partial charge is 0.336 e. The van der Waals surface area contributed by atoms with Crippen molar-refractivity contribution in [1.82, 2.24) is 20.5 Å². The molecule has 2 heterocycles. The van der Waals surface area contributed by atoms with E-state index >= 15 is 0 Å². The Labute approximate surface area is 101 Å². The molecule has 1 aromatic rings. The van der Waals surface area contributed by atoms with Crippen LogP contribution in [-0.4, -0.2) is 42.1 Å². The predicted octanol–water partition coefficient (Wildman–Crippen LogP) is 0.505. The molecule has 0 atom stereocenters. The molecular weight excluding hydrogens is 216 g/mol. The SMILES string of the molecule is Cc1cccnc1CNCCN1CCNC1=O. The number of pyridine rings is 1. The molecule has 2 N–H and O–H groups in total. The number of urea groups is 1. The summed E-state index contributed by atoms with van der Waals surface area (Å²) in [5.41, 5.74) is 2.26. The molecule has 0 aromatic carbocycles. The summed E-state index contributed by atoms with van der Waals surface area (Å²) >= 11 is 0. The second-order valence-electron chi connectivity index (χ2n) is 4.16. The molecule has 5 nitrogen and oxygen atoms in total. The second kappa shape index (κ2) is 5.63. The fraction of sp³-hybridized carbons (Fsp3) is 0.500. The van der Waals surface area contributed by atoms with Crippen LogP contribution in [-0.2, 0) is 6.54 Å². The third-order valence-corrected chi connectivity index (χ3v) is 2.91. The zero-order valence-electron chi connectivity index (χ0n) is 10.1. The van der Waals surface area contributed by atoms with Gasteiger partial charge in [0.15, 0.2) is 0 Å². The van der Waals surface area contributed by atoms with E-state index in [0.717, 1.165) is 38.4 Å². The van der Waals surface area contributed by atoms with Crippen molar-refractivity contribution in [3.63, 3.8) is 0 Å². The van der Waals surface area contributed by atoms with E-state index in [1.54, 1.807) is 6.20 Å². The number of hydrogen-bond donors (Lipinski definition) is 2. The fourth-order valence-corrected chi connectivity index (χ4v) is 1.85. The first-order valence-corrected chi connectivity index (χ1v) is 5.91. The lowest BCUT2D eigenvalue weighted by Crippen LogP contribution is -2.34. The summed E-state index contributed by atoms with van der Waals surface area (Å²) in [6, 6.07) is 4.03. The highest BCUT2D eigenvalue weighted by Crippen LogP contribution is 2.02. The fourth-order valence-electron chi connectivity index (χ4n) is 1.85. The summed E-state index contributed by atoms with van der Waals surface area (Å²) in [5, 5.41) is 6.09. The van der Waals surface area contributed by atoms with Gasteiger partial charge in [-0.2, -0.15) is 0 Å². The summed E-state index contributed by atoms with van der Waals surface area (Å²) < 4.78 is 0. The van der Waals surface area contributed by atoms with Crippen molar-refractivity contribution in [2.24, 2.45) is 0 Å². The van der Waals surface area contributed by atoms with Crippen LogP contribution in [0.3, 0.4) is 0 Å².